The van der Waals surface area contributed by atoms with Gasteiger partial charge in [-0.15, -0.1) is 0 Å². The average Bonchev–Trinajstić information content (AvgIpc) is 3.77. The molecule has 12 atom stereocenters. The molecule has 4 spiro atoms. The minimum Gasteiger partial charge on any atom is -0.493 e. The Kier molecular flexibility index (Phi) is 8.16. The summed E-state index contributed by atoms with van der Waals surface area (Å²) in [4.78, 5) is 14.6. The summed E-state index contributed by atoms with van der Waals surface area (Å²) in [6.07, 6.45) is 15.7. The summed E-state index contributed by atoms with van der Waals surface area (Å²) in [6, 6.07) is 9.78. The second-order valence-corrected chi connectivity index (χ2v) is 18.7. The summed E-state index contributed by atoms with van der Waals surface area (Å²) in [5.74, 6) is 3.76. The van der Waals surface area contributed by atoms with E-state index in [1.165, 1.54) is 36.1 Å². The molecular formula is C46H60N4O7. The molecule has 0 aromatic heterocycles. The highest BCUT2D eigenvalue weighted by Gasteiger charge is 2.80. The van der Waals surface area contributed by atoms with Crippen molar-refractivity contribution in [1.29, 1.82) is 0 Å². The first-order chi connectivity index (χ1) is 27.3. The third kappa shape index (κ3) is 4.12. The number of nitrogens with zero attached hydrogens (tertiary/aromatic N) is 2. The predicted molar refractivity (Wildman–Crippen MR) is 217 cm³/mol. The number of hydrogen-bond acceptors (Lipinski definition) is 11. The first kappa shape index (κ1) is 37.8. The van der Waals surface area contributed by atoms with Gasteiger partial charge in [-0.2, -0.15) is 0 Å². The lowest BCUT2D eigenvalue weighted by molar-refractivity contribution is -0.199. The number of carbonyl (C=O) groups is 1. The quantitative estimate of drug-likeness (QED) is 0.428. The number of likely N-dealkylation sites (N-methyl/N-ethyl adjacent to an activating group) is 3. The summed E-state index contributed by atoms with van der Waals surface area (Å²) in [7, 11) is 13.7. The largest absolute Gasteiger partial charge is 0.493 e. The van der Waals surface area contributed by atoms with Crippen molar-refractivity contribution in [3.05, 3.63) is 70.8 Å². The van der Waals surface area contributed by atoms with Crippen LogP contribution in [0.4, 0.5) is 0 Å². The fraction of sp³-hybridized carbons (Fsp3) is 0.630. The van der Waals surface area contributed by atoms with Gasteiger partial charge in [-0.3, -0.25) is 0 Å². The fourth-order valence-electron chi connectivity index (χ4n) is 14.8. The summed E-state index contributed by atoms with van der Waals surface area (Å²) >= 11 is 0. The molecule has 0 radical (unpaired) electrons. The zero-order valence-corrected chi connectivity index (χ0v) is 35.1. The van der Waals surface area contributed by atoms with E-state index in [0.29, 0.717) is 12.1 Å². The van der Waals surface area contributed by atoms with Crippen LogP contribution in [-0.2, 0) is 37.9 Å². The van der Waals surface area contributed by atoms with Crippen molar-refractivity contribution < 1.29 is 33.2 Å². The first-order valence-corrected chi connectivity index (χ1v) is 20.9. The highest BCUT2D eigenvalue weighted by molar-refractivity contribution is 5.72. The molecule has 2 saturated carbocycles. The Bertz CT molecular complexity index is 2100. The van der Waals surface area contributed by atoms with Gasteiger partial charge in [-0.25, -0.2) is 0 Å². The average molecular weight is 781 g/mol. The van der Waals surface area contributed by atoms with Crippen LogP contribution in [0.25, 0.3) is 0 Å². The third-order valence-corrected chi connectivity index (χ3v) is 17.0. The predicted octanol–water partition coefficient (Wildman–Crippen LogP) is 4.11. The number of methoxy groups -OCH3 is 4. The maximum atomic E-state index is 9.44. The Morgan fingerprint density at radius 2 is 1.19 bits per heavy atom. The molecule has 3 N–H and O–H groups in total. The molecule has 57 heavy (non-hydrogen) atoms. The molecule has 4 fully saturated rings. The van der Waals surface area contributed by atoms with Gasteiger partial charge in [-0.05, 0) is 110 Å². The topological polar surface area (TPSA) is 117 Å². The van der Waals surface area contributed by atoms with E-state index in [2.05, 4.69) is 84.8 Å². The minimum atomic E-state index is -0.569. The van der Waals surface area contributed by atoms with E-state index in [9.17, 15) is 4.79 Å². The Morgan fingerprint density at radius 1 is 0.737 bits per heavy atom. The molecule has 8 bridgehead atoms. The molecular weight excluding hydrogens is 721 g/mol. The second kappa shape index (κ2) is 12.3. The lowest BCUT2D eigenvalue weighted by Crippen LogP contribution is -2.81. The molecule has 11 nitrogen and oxygen atoms in total. The lowest BCUT2D eigenvalue weighted by Gasteiger charge is -2.71. The van der Waals surface area contributed by atoms with Crippen LogP contribution in [0.5, 0.6) is 23.0 Å². The van der Waals surface area contributed by atoms with Crippen molar-refractivity contribution >= 4 is 5.78 Å². The molecule has 306 valence electrons. The standard InChI is InChI=1S/C22H28N2O3.C21H26N2O3.C3H6O/c1-23-15-12-20-7-8-22(15,26-4)19-21(20)9-10-24(2)16(20)11-13-5-6-14(25-3)18(27-19)17(13)21;1-23-9-8-20-16-12-4-5-13(24-2)17(16)26-18(20)21(25-3)7-6-19(20,11-14(21)22)15(23)10-12;1-3(2)4/h5-8,15-16,19,23H,9-12H2,1-4H3;4-7,14-15,18H,8-11,22H2,1-3H3;1-2H3/t15?,16-,19?,20-,21+,22?;14?,15-,18?,19-,20+,21?;/m11./s1. The SMILES string of the molecule is CC(C)=O.CNC1C[C@@]23C=CC1(OC)C1Oc4c(OC)ccc5c4[C@@]12CCN(C)[C@@H]3C5.COc1ccc2c3c1OC1C4(OC)C=C[C@@]5(CC4N)[C@@H](C2)N(C)CC[C@]315. The number of hydrogen-bond donors (Lipinski definition) is 2. The molecule has 0 amide bonds. The number of fused-ring (bicyclic) bond motifs is 2. The second-order valence-electron chi connectivity index (χ2n) is 18.7. The molecule has 2 aromatic rings. The maximum absolute atomic E-state index is 9.44. The van der Waals surface area contributed by atoms with E-state index in [4.69, 9.17) is 34.2 Å². The number of likely N-dealkylation sites (tertiary alicyclic amines) is 2. The highest BCUT2D eigenvalue weighted by Crippen LogP contribution is 2.75. The van der Waals surface area contributed by atoms with Crippen molar-refractivity contribution in [2.24, 2.45) is 16.6 Å². The molecule has 2 saturated heterocycles. The van der Waals surface area contributed by atoms with Gasteiger partial charge in [0.05, 0.1) is 25.0 Å². The molecule has 11 heteroatoms. The van der Waals surface area contributed by atoms with Crippen LogP contribution in [-0.4, -0.2) is 126 Å². The number of rotatable bonds is 5. The van der Waals surface area contributed by atoms with Crippen LogP contribution in [0.15, 0.2) is 48.6 Å². The fourth-order valence-corrected chi connectivity index (χ4v) is 14.8. The van der Waals surface area contributed by atoms with Crippen molar-refractivity contribution in [3.63, 3.8) is 0 Å². The van der Waals surface area contributed by atoms with E-state index in [-0.39, 0.29) is 51.7 Å². The summed E-state index contributed by atoms with van der Waals surface area (Å²) in [5.41, 5.74) is 11.4. The van der Waals surface area contributed by atoms with Crippen LogP contribution < -0.4 is 30.0 Å². The van der Waals surface area contributed by atoms with E-state index in [0.717, 1.165) is 74.6 Å². The molecule has 4 aliphatic heterocycles. The van der Waals surface area contributed by atoms with Gasteiger partial charge >= 0.3 is 0 Å². The maximum Gasteiger partial charge on any atom is 0.166 e. The molecule has 14 rings (SSSR count). The van der Waals surface area contributed by atoms with Crippen LogP contribution >= 0.6 is 0 Å². The number of ketones is 1. The number of piperidine rings is 2. The van der Waals surface area contributed by atoms with Crippen molar-refractivity contribution in [2.75, 3.05) is 62.7 Å². The number of nitrogens with one attached hydrogen (secondary N) is 1. The molecule has 6 unspecified atom stereocenters. The Labute approximate surface area is 337 Å². The highest BCUT2D eigenvalue weighted by atomic mass is 16.6. The smallest absolute Gasteiger partial charge is 0.166 e. The van der Waals surface area contributed by atoms with Gasteiger partial charge in [0.15, 0.2) is 23.0 Å². The molecule has 12 aliphatic rings. The van der Waals surface area contributed by atoms with Crippen molar-refractivity contribution in [3.8, 4) is 23.0 Å². The van der Waals surface area contributed by atoms with E-state index in [1.54, 1.807) is 21.3 Å². The summed E-state index contributed by atoms with van der Waals surface area (Å²) in [5, 5.41) is 3.57. The van der Waals surface area contributed by atoms with Crippen LogP contribution in [0, 0.1) is 10.8 Å². The Balaban J connectivity index is 0.000000127. The number of Topliss-reactive ketones (excluding diaryl/α,β-unsaturated/α-hetero) is 1. The van der Waals surface area contributed by atoms with E-state index in [1.807, 2.05) is 7.11 Å². The molecule has 4 heterocycles. The van der Waals surface area contributed by atoms with Gasteiger partial charge in [0.2, 0.25) is 0 Å². The van der Waals surface area contributed by atoms with Gasteiger partial charge < -0.3 is 54.1 Å². The monoisotopic (exact) mass is 780 g/mol. The van der Waals surface area contributed by atoms with Gasteiger partial charge in [0.1, 0.15) is 29.2 Å². The number of benzene rings is 2. The van der Waals surface area contributed by atoms with Gasteiger partial charge in [0.25, 0.3) is 0 Å². The van der Waals surface area contributed by atoms with Crippen LogP contribution in [0.3, 0.4) is 0 Å². The lowest BCUT2D eigenvalue weighted by atomic mass is 9.38. The minimum absolute atomic E-state index is 0.00891. The zero-order valence-electron chi connectivity index (χ0n) is 35.1. The van der Waals surface area contributed by atoms with Crippen LogP contribution in [0.1, 0.15) is 61.8 Å². The Morgan fingerprint density at radius 3 is 1.63 bits per heavy atom. The molecule has 8 aliphatic carbocycles. The van der Waals surface area contributed by atoms with E-state index < -0.39 is 11.2 Å². The molecule has 2 aromatic carbocycles. The van der Waals surface area contributed by atoms with Crippen molar-refractivity contribution in [2.45, 2.75) is 111 Å². The zero-order chi connectivity index (χ0) is 40.1. The Hall–Kier alpha value is -3.45. The number of ether oxygens (including phenoxy) is 6. The van der Waals surface area contributed by atoms with Gasteiger partial charge in [0, 0.05) is 60.3 Å². The van der Waals surface area contributed by atoms with E-state index >= 15 is 0 Å². The number of carbonyl (C=O) groups excluding carboxylic acids is 1. The normalized spacial score (nSPS) is 43.4. The third-order valence-electron chi connectivity index (χ3n) is 17.0. The van der Waals surface area contributed by atoms with Gasteiger partial charge in [-0.1, -0.05) is 36.4 Å². The summed E-state index contributed by atoms with van der Waals surface area (Å²) in [6.45, 7) is 5.23. The van der Waals surface area contributed by atoms with Crippen LogP contribution in [0.2, 0.25) is 0 Å². The summed E-state index contributed by atoms with van der Waals surface area (Å²) < 4.78 is 37.4. The number of nitrogens with two attached hydrogens (primary N) is 1. The van der Waals surface area contributed by atoms with Crippen molar-refractivity contribution in [1.82, 2.24) is 15.1 Å². The first-order valence-electron chi connectivity index (χ1n) is 20.9.